The molecule has 7 heteroatoms. The van der Waals surface area contributed by atoms with E-state index in [1.807, 2.05) is 4.57 Å². The number of aromatic nitrogens is 4. The number of fused-ring (bicyclic) bond motifs is 1. The van der Waals surface area contributed by atoms with Crippen LogP contribution >= 0.6 is 12.2 Å². The quantitative estimate of drug-likeness (QED) is 0.831. The van der Waals surface area contributed by atoms with Gasteiger partial charge in [-0.05, 0) is 39.3 Å². The number of nitrogens with zero attached hydrogens (tertiary/aromatic N) is 4. The molecule has 2 rings (SSSR count). The van der Waals surface area contributed by atoms with Gasteiger partial charge in [0.15, 0.2) is 10.4 Å². The van der Waals surface area contributed by atoms with Crippen molar-refractivity contribution in [2.24, 2.45) is 0 Å². The summed E-state index contributed by atoms with van der Waals surface area (Å²) in [6.45, 7) is 1.84. The lowest BCUT2D eigenvalue weighted by Crippen LogP contribution is -2.15. The summed E-state index contributed by atoms with van der Waals surface area (Å²) < 4.78 is 7.83. The highest BCUT2D eigenvalue weighted by molar-refractivity contribution is 7.71. The Morgan fingerprint density at radius 2 is 2.22 bits per heavy atom. The second kappa shape index (κ2) is 5.45. The Morgan fingerprint density at radius 3 is 2.89 bits per heavy atom. The number of H-pyrrole nitrogens is 1. The van der Waals surface area contributed by atoms with Gasteiger partial charge in [-0.15, -0.1) is 0 Å². The largest absolute Gasteiger partial charge is 0.479 e. The molecule has 0 saturated heterocycles. The highest BCUT2D eigenvalue weighted by atomic mass is 32.1. The molecule has 18 heavy (non-hydrogen) atoms. The summed E-state index contributed by atoms with van der Waals surface area (Å²) in [5.41, 5.74) is 1.56. The zero-order chi connectivity index (χ0) is 13.1. The normalized spacial score (nSPS) is 11.3. The van der Waals surface area contributed by atoms with E-state index < -0.39 is 0 Å². The zero-order valence-corrected chi connectivity index (χ0v) is 11.6. The Morgan fingerprint density at radius 1 is 1.44 bits per heavy atom. The van der Waals surface area contributed by atoms with E-state index in [9.17, 15) is 0 Å². The van der Waals surface area contributed by atoms with Crippen LogP contribution in [0.4, 0.5) is 0 Å². The smallest absolute Gasteiger partial charge is 0.242 e. The van der Waals surface area contributed by atoms with Crippen molar-refractivity contribution >= 4 is 23.4 Å². The molecule has 0 fully saturated rings. The minimum atomic E-state index is 0.525. The van der Waals surface area contributed by atoms with Crippen LogP contribution in [0, 0.1) is 4.77 Å². The van der Waals surface area contributed by atoms with E-state index in [0.29, 0.717) is 10.7 Å². The minimum Gasteiger partial charge on any atom is -0.479 e. The van der Waals surface area contributed by atoms with Gasteiger partial charge >= 0.3 is 0 Å². The van der Waals surface area contributed by atoms with Gasteiger partial charge in [-0.1, -0.05) is 0 Å². The summed E-state index contributed by atoms with van der Waals surface area (Å²) in [4.78, 5) is 13.6. The van der Waals surface area contributed by atoms with E-state index in [2.05, 4.69) is 33.9 Å². The Kier molecular flexibility index (Phi) is 3.93. The average Bonchev–Trinajstić information content (AvgIpc) is 2.65. The molecule has 0 radical (unpaired) electrons. The van der Waals surface area contributed by atoms with Crippen molar-refractivity contribution in [1.82, 2.24) is 24.4 Å². The lowest BCUT2D eigenvalue weighted by Gasteiger charge is -2.09. The first-order valence-corrected chi connectivity index (χ1v) is 6.16. The van der Waals surface area contributed by atoms with Crippen LogP contribution in [-0.2, 0) is 6.54 Å². The maximum atomic E-state index is 5.31. The maximum Gasteiger partial charge on any atom is 0.242 e. The van der Waals surface area contributed by atoms with Crippen LogP contribution in [0.25, 0.3) is 11.2 Å². The fourth-order valence-electron chi connectivity index (χ4n) is 1.85. The first kappa shape index (κ1) is 13.0. The molecule has 2 aromatic heterocycles. The summed E-state index contributed by atoms with van der Waals surface area (Å²) in [5.74, 6) is 0.525. The lowest BCUT2D eigenvalue weighted by molar-refractivity contribution is 0.387. The van der Waals surface area contributed by atoms with Gasteiger partial charge in [0, 0.05) is 6.54 Å². The van der Waals surface area contributed by atoms with Crippen molar-refractivity contribution in [3.05, 3.63) is 11.1 Å². The van der Waals surface area contributed by atoms with Gasteiger partial charge in [0.25, 0.3) is 0 Å². The maximum absolute atomic E-state index is 5.31. The van der Waals surface area contributed by atoms with Crippen LogP contribution in [-0.4, -0.2) is 52.2 Å². The van der Waals surface area contributed by atoms with Crippen molar-refractivity contribution < 1.29 is 4.74 Å². The molecule has 98 valence electrons. The molecule has 0 bridgehead atoms. The third-order valence-electron chi connectivity index (χ3n) is 2.71. The van der Waals surface area contributed by atoms with Crippen molar-refractivity contribution in [2.75, 3.05) is 27.7 Å². The van der Waals surface area contributed by atoms with Crippen molar-refractivity contribution in [2.45, 2.75) is 13.0 Å². The molecule has 0 spiro atoms. The number of imidazole rings is 1. The van der Waals surface area contributed by atoms with Gasteiger partial charge in [-0.2, -0.15) is 4.98 Å². The molecule has 0 aromatic carbocycles. The molecule has 0 unspecified atom stereocenters. The Balaban J connectivity index is 2.33. The third-order valence-corrected chi connectivity index (χ3v) is 3.03. The topological polar surface area (TPSA) is 59.0 Å². The van der Waals surface area contributed by atoms with Gasteiger partial charge in [0.05, 0.1) is 7.11 Å². The number of hydrogen-bond donors (Lipinski definition) is 1. The predicted octanol–water partition coefficient (Wildman–Crippen LogP) is 1.45. The number of rotatable bonds is 5. The van der Waals surface area contributed by atoms with E-state index in [1.54, 1.807) is 7.11 Å². The number of aryl methyl sites for hydroxylation is 1. The van der Waals surface area contributed by atoms with Crippen molar-refractivity contribution in [3.8, 4) is 5.88 Å². The van der Waals surface area contributed by atoms with Crippen LogP contribution in [0.5, 0.6) is 5.88 Å². The van der Waals surface area contributed by atoms with Crippen LogP contribution in [0.15, 0.2) is 6.33 Å². The molecule has 0 atom stereocenters. The second-order valence-corrected chi connectivity index (χ2v) is 4.71. The second-order valence-electron chi connectivity index (χ2n) is 4.32. The third kappa shape index (κ3) is 2.51. The molecule has 0 aliphatic rings. The van der Waals surface area contributed by atoms with E-state index in [0.717, 1.165) is 30.7 Å². The molecule has 0 amide bonds. The number of ether oxygens (including phenoxy) is 1. The monoisotopic (exact) mass is 267 g/mol. The zero-order valence-electron chi connectivity index (χ0n) is 10.8. The summed E-state index contributed by atoms with van der Waals surface area (Å²) in [7, 11) is 5.70. The molecular formula is C11H17N5OS. The van der Waals surface area contributed by atoms with E-state index in [4.69, 9.17) is 17.0 Å². The van der Waals surface area contributed by atoms with Gasteiger partial charge in [-0.3, -0.25) is 0 Å². The summed E-state index contributed by atoms with van der Waals surface area (Å²) in [5, 5.41) is 0. The summed E-state index contributed by atoms with van der Waals surface area (Å²) in [6.07, 6.45) is 2.51. The average molecular weight is 267 g/mol. The van der Waals surface area contributed by atoms with E-state index in [-0.39, 0.29) is 0 Å². The molecule has 2 heterocycles. The van der Waals surface area contributed by atoms with Crippen molar-refractivity contribution in [3.63, 3.8) is 0 Å². The van der Waals surface area contributed by atoms with E-state index in [1.165, 1.54) is 6.33 Å². The molecule has 0 aliphatic carbocycles. The molecule has 0 aliphatic heterocycles. The summed E-state index contributed by atoms with van der Waals surface area (Å²) in [6, 6.07) is 0. The molecular weight excluding hydrogens is 250 g/mol. The van der Waals surface area contributed by atoms with Gasteiger partial charge in [-0.25, -0.2) is 4.98 Å². The number of methoxy groups -OCH3 is 1. The Labute approximate surface area is 111 Å². The highest BCUT2D eigenvalue weighted by Gasteiger charge is 2.10. The molecule has 1 N–H and O–H groups in total. The first-order valence-electron chi connectivity index (χ1n) is 5.75. The fraction of sp³-hybridized carbons (Fsp3) is 0.545. The Bertz CT molecular complexity index is 589. The number of aromatic amines is 1. The SMILES string of the molecule is COc1ncnc2c1[nH]c(=S)n2CCCN(C)C. The predicted molar refractivity (Wildman–Crippen MR) is 72.4 cm³/mol. The first-order chi connectivity index (χ1) is 8.63. The van der Waals surface area contributed by atoms with Crippen LogP contribution in [0.1, 0.15) is 6.42 Å². The molecule has 2 aromatic rings. The number of nitrogens with one attached hydrogen (secondary N) is 1. The van der Waals surface area contributed by atoms with Crippen LogP contribution in [0.2, 0.25) is 0 Å². The van der Waals surface area contributed by atoms with Gasteiger partial charge in [0.2, 0.25) is 5.88 Å². The fourth-order valence-corrected chi connectivity index (χ4v) is 2.13. The standard InChI is InChI=1S/C11H17N5OS/c1-15(2)5-4-6-16-9-8(14-11(16)18)10(17-3)13-7-12-9/h7H,4-6H2,1-3H3,(H,14,18). The van der Waals surface area contributed by atoms with Gasteiger partial charge in [0.1, 0.15) is 11.8 Å². The van der Waals surface area contributed by atoms with Gasteiger partial charge < -0.3 is 19.2 Å². The summed E-state index contributed by atoms with van der Waals surface area (Å²) >= 11 is 5.31. The van der Waals surface area contributed by atoms with Crippen LogP contribution < -0.4 is 4.74 Å². The Hall–Kier alpha value is -1.47. The minimum absolute atomic E-state index is 0.525. The van der Waals surface area contributed by atoms with Crippen LogP contribution in [0.3, 0.4) is 0 Å². The molecule has 0 saturated carbocycles. The molecule has 6 nitrogen and oxygen atoms in total. The van der Waals surface area contributed by atoms with E-state index >= 15 is 0 Å². The number of hydrogen-bond acceptors (Lipinski definition) is 5. The highest BCUT2D eigenvalue weighted by Crippen LogP contribution is 2.19. The van der Waals surface area contributed by atoms with Crippen molar-refractivity contribution in [1.29, 1.82) is 0 Å². The lowest BCUT2D eigenvalue weighted by atomic mass is 10.4.